The van der Waals surface area contributed by atoms with E-state index < -0.39 is 52.4 Å². The van der Waals surface area contributed by atoms with Gasteiger partial charge in [-0.15, -0.1) is 0 Å². The van der Waals surface area contributed by atoms with Gasteiger partial charge in [0.05, 0.1) is 26.9 Å². The molecule has 0 bridgehead atoms. The lowest BCUT2D eigenvalue weighted by molar-refractivity contribution is -0.189. The van der Waals surface area contributed by atoms with Gasteiger partial charge in [-0.3, -0.25) is 0 Å². The fourth-order valence-electron chi connectivity index (χ4n) is 3.36. The van der Waals surface area contributed by atoms with E-state index in [2.05, 4.69) is 4.74 Å². The van der Waals surface area contributed by atoms with Gasteiger partial charge in [0, 0.05) is 24.3 Å². The molecule has 0 unspecified atom stereocenters. The van der Waals surface area contributed by atoms with Crippen molar-refractivity contribution >= 4 is 0 Å². The quantitative estimate of drug-likeness (QED) is 0.309. The predicted molar refractivity (Wildman–Crippen MR) is 107 cm³/mol. The van der Waals surface area contributed by atoms with E-state index in [0.717, 1.165) is 0 Å². The van der Waals surface area contributed by atoms with Gasteiger partial charge >= 0.3 is 12.3 Å². The molecule has 0 atom stereocenters. The summed E-state index contributed by atoms with van der Waals surface area (Å²) in [5.74, 6) is -9.38. The molecule has 0 aliphatic heterocycles. The van der Waals surface area contributed by atoms with Gasteiger partial charge in [0.1, 0.15) is 57.4 Å². The van der Waals surface area contributed by atoms with Crippen molar-refractivity contribution in [1.29, 1.82) is 0 Å². The zero-order valence-corrected chi connectivity index (χ0v) is 18.5. The lowest BCUT2D eigenvalue weighted by Gasteiger charge is -2.21. The van der Waals surface area contributed by atoms with Crippen LogP contribution in [0.5, 0.6) is 23.0 Å². The molecule has 3 rings (SSSR count). The zero-order chi connectivity index (χ0) is 27.0. The Morgan fingerprint density at radius 2 is 1.00 bits per heavy atom. The van der Waals surface area contributed by atoms with E-state index in [-0.39, 0.29) is 40.5 Å². The highest BCUT2D eigenvalue weighted by molar-refractivity contribution is 5.78. The third-order valence-electron chi connectivity index (χ3n) is 4.88. The predicted octanol–water partition coefficient (Wildman–Crippen LogP) is 7.08. The first-order valence-corrected chi connectivity index (χ1v) is 9.66. The van der Waals surface area contributed by atoms with Gasteiger partial charge < -0.3 is 18.9 Å². The second-order valence-electron chi connectivity index (χ2n) is 7.10. The number of hydrogen-bond acceptors (Lipinski definition) is 4. The van der Waals surface area contributed by atoms with Crippen molar-refractivity contribution in [2.24, 2.45) is 0 Å². The van der Waals surface area contributed by atoms with E-state index in [1.54, 1.807) is 0 Å². The fourth-order valence-corrected chi connectivity index (χ4v) is 3.36. The van der Waals surface area contributed by atoms with Crippen molar-refractivity contribution < 1.29 is 58.5 Å². The Bertz CT molecular complexity index is 1220. The van der Waals surface area contributed by atoms with E-state index in [1.165, 1.54) is 33.5 Å². The Morgan fingerprint density at radius 3 is 1.39 bits per heavy atom. The summed E-state index contributed by atoms with van der Waals surface area (Å²) in [6, 6.07) is 3.31. The molecule has 4 nitrogen and oxygen atoms in total. The van der Waals surface area contributed by atoms with Crippen molar-refractivity contribution in [2.45, 2.75) is 12.3 Å². The first kappa shape index (κ1) is 26.8. The van der Waals surface area contributed by atoms with Crippen molar-refractivity contribution in [3.05, 3.63) is 70.8 Å². The fraction of sp³-hybridized carbons (Fsp3) is 0.217. The Hall–Kier alpha value is -3.77. The highest BCUT2D eigenvalue weighted by Gasteiger charge is 2.43. The van der Waals surface area contributed by atoms with Crippen LogP contribution in [-0.2, 0) is 12.3 Å². The Morgan fingerprint density at radius 1 is 0.556 bits per heavy atom. The molecule has 0 aromatic heterocycles. The number of methoxy groups -OCH3 is 3. The minimum Gasteiger partial charge on any atom is -0.496 e. The molecule has 13 heteroatoms. The van der Waals surface area contributed by atoms with Crippen LogP contribution in [0.1, 0.15) is 11.1 Å². The SMILES string of the molecule is COc1cc(OC)c(-c2cc(F)c(C(F)(F)Oc3cc(F)c(C(F)(F)F)c(F)c3)c(F)c2)c(OC)c1. The maximum atomic E-state index is 14.8. The number of alkyl halides is 5. The summed E-state index contributed by atoms with van der Waals surface area (Å²) in [5, 5.41) is 0. The van der Waals surface area contributed by atoms with Crippen LogP contribution in [0.3, 0.4) is 0 Å². The van der Waals surface area contributed by atoms with Crippen LogP contribution in [0.25, 0.3) is 11.1 Å². The number of hydrogen-bond donors (Lipinski definition) is 0. The molecule has 0 spiro atoms. The summed E-state index contributed by atoms with van der Waals surface area (Å²) in [5.41, 5.74) is -4.63. The zero-order valence-electron chi connectivity index (χ0n) is 18.5. The summed E-state index contributed by atoms with van der Waals surface area (Å²) >= 11 is 0. The normalized spacial score (nSPS) is 11.9. The van der Waals surface area contributed by atoms with Gasteiger partial charge in [0.25, 0.3) is 0 Å². The molecule has 0 saturated carbocycles. The van der Waals surface area contributed by atoms with Gasteiger partial charge in [-0.1, -0.05) is 0 Å². The summed E-state index contributed by atoms with van der Waals surface area (Å²) in [6.45, 7) is 0. The molecule has 0 N–H and O–H groups in total. The number of halogens is 9. The van der Waals surface area contributed by atoms with E-state index in [9.17, 15) is 39.5 Å². The van der Waals surface area contributed by atoms with Gasteiger partial charge in [0.15, 0.2) is 0 Å². The third kappa shape index (κ3) is 5.09. The summed E-state index contributed by atoms with van der Waals surface area (Å²) in [4.78, 5) is 0. The van der Waals surface area contributed by atoms with Crippen molar-refractivity contribution in [3.63, 3.8) is 0 Å². The molecule has 0 saturated heterocycles. The van der Waals surface area contributed by atoms with E-state index in [1.807, 2.05) is 0 Å². The number of rotatable bonds is 7. The maximum Gasteiger partial charge on any atom is 0.432 e. The van der Waals surface area contributed by atoms with Crippen molar-refractivity contribution in [3.8, 4) is 34.1 Å². The molecule has 0 radical (unpaired) electrons. The highest BCUT2D eigenvalue weighted by Crippen LogP contribution is 2.44. The van der Waals surface area contributed by atoms with Crippen LogP contribution in [0.2, 0.25) is 0 Å². The summed E-state index contributed by atoms with van der Waals surface area (Å²) < 4.78 is 144. The second kappa shape index (κ2) is 9.70. The molecule has 0 fully saturated rings. The second-order valence-corrected chi connectivity index (χ2v) is 7.10. The largest absolute Gasteiger partial charge is 0.496 e. The lowest BCUT2D eigenvalue weighted by atomic mass is 10.00. The minimum absolute atomic E-state index is 0.0106. The molecule has 3 aromatic carbocycles. The average Bonchev–Trinajstić information content (AvgIpc) is 2.75. The molecular weight excluding hydrogens is 511 g/mol. The minimum atomic E-state index is -5.47. The highest BCUT2D eigenvalue weighted by atomic mass is 19.4. The molecule has 0 amide bonds. The first-order valence-electron chi connectivity index (χ1n) is 9.66. The average molecular weight is 526 g/mol. The van der Waals surface area contributed by atoms with Crippen molar-refractivity contribution in [1.82, 2.24) is 0 Å². The molecule has 36 heavy (non-hydrogen) atoms. The number of ether oxygens (including phenoxy) is 4. The molecule has 3 aromatic rings. The standard InChI is InChI=1S/C23H15F9O4/c1-33-11-8-17(34-2)19(18(9-11)35-3)10-4-13(24)21(14(25)5-10)23(31,32)36-12-6-15(26)20(16(27)7-12)22(28,29)30/h4-9H,1-3H3. The molecular formula is C23H15F9O4. The van der Waals surface area contributed by atoms with Crippen LogP contribution in [-0.4, -0.2) is 21.3 Å². The molecule has 0 heterocycles. The Labute approximate surface area is 197 Å². The summed E-state index contributed by atoms with van der Waals surface area (Å²) in [6.07, 6.45) is -10.4. The Balaban J connectivity index is 2.07. The third-order valence-corrected chi connectivity index (χ3v) is 4.88. The van der Waals surface area contributed by atoms with E-state index in [4.69, 9.17) is 14.2 Å². The molecule has 194 valence electrons. The Kier molecular flexibility index (Phi) is 7.23. The van der Waals surface area contributed by atoms with Crippen LogP contribution < -0.4 is 18.9 Å². The van der Waals surface area contributed by atoms with Gasteiger partial charge in [-0.05, 0) is 17.7 Å². The van der Waals surface area contributed by atoms with Gasteiger partial charge in [0.2, 0.25) is 0 Å². The van der Waals surface area contributed by atoms with Gasteiger partial charge in [-0.2, -0.15) is 22.0 Å². The summed E-state index contributed by atoms with van der Waals surface area (Å²) in [7, 11) is 3.78. The topological polar surface area (TPSA) is 36.9 Å². The van der Waals surface area contributed by atoms with Crippen LogP contribution >= 0.6 is 0 Å². The molecule has 0 aliphatic rings. The van der Waals surface area contributed by atoms with Crippen LogP contribution in [0.4, 0.5) is 39.5 Å². The maximum absolute atomic E-state index is 14.8. The monoisotopic (exact) mass is 526 g/mol. The number of benzene rings is 3. The van der Waals surface area contributed by atoms with Gasteiger partial charge in [-0.25, -0.2) is 17.6 Å². The van der Waals surface area contributed by atoms with Crippen molar-refractivity contribution in [2.75, 3.05) is 21.3 Å². The van der Waals surface area contributed by atoms with Crippen LogP contribution in [0, 0.1) is 23.3 Å². The van der Waals surface area contributed by atoms with E-state index >= 15 is 0 Å². The molecule has 0 aliphatic carbocycles. The first-order chi connectivity index (χ1) is 16.7. The lowest BCUT2D eigenvalue weighted by Crippen LogP contribution is -2.25. The van der Waals surface area contributed by atoms with Crippen LogP contribution in [0.15, 0.2) is 36.4 Å². The van der Waals surface area contributed by atoms with E-state index in [0.29, 0.717) is 12.1 Å². The smallest absolute Gasteiger partial charge is 0.432 e.